The molecule has 0 aromatic heterocycles. The molecule has 0 bridgehead atoms. The molecule has 0 radical (unpaired) electrons. The van der Waals surface area contributed by atoms with Crippen LogP contribution in [0.15, 0.2) is 0 Å². The number of halogens is 1. The first-order chi connectivity index (χ1) is 7.49. The molecule has 3 heteroatoms. The molecule has 0 spiro atoms. The minimum absolute atomic E-state index is 0.121. The lowest BCUT2D eigenvalue weighted by Crippen LogP contribution is -2.37. The summed E-state index contributed by atoms with van der Waals surface area (Å²) < 4.78 is 19.2. The lowest BCUT2D eigenvalue weighted by Gasteiger charge is -2.30. The van der Waals surface area contributed by atoms with Gasteiger partial charge in [0.25, 0.3) is 0 Å². The number of hydrogen-bond donors (Lipinski definition) is 0. The van der Waals surface area contributed by atoms with Crippen LogP contribution in [0, 0.1) is 17.3 Å². The molecule has 0 aromatic rings. The maximum absolute atomic E-state index is 14.0. The Balaban J connectivity index is 4.36. The summed E-state index contributed by atoms with van der Waals surface area (Å²) in [6.07, 6.45) is 0.202. The number of carbonyl (C=O) groups is 1. The van der Waals surface area contributed by atoms with Gasteiger partial charge in [-0.1, -0.05) is 41.5 Å². The van der Waals surface area contributed by atoms with Crippen LogP contribution in [0.4, 0.5) is 4.39 Å². The first-order valence-electron chi connectivity index (χ1n) is 6.35. The Morgan fingerprint density at radius 3 is 2.00 bits per heavy atom. The molecule has 102 valence electrons. The van der Waals surface area contributed by atoms with Gasteiger partial charge < -0.3 is 4.74 Å². The van der Waals surface area contributed by atoms with E-state index in [0.717, 1.165) is 0 Å². The van der Waals surface area contributed by atoms with Crippen molar-refractivity contribution in [1.29, 1.82) is 0 Å². The van der Waals surface area contributed by atoms with Gasteiger partial charge in [-0.2, -0.15) is 0 Å². The summed E-state index contributed by atoms with van der Waals surface area (Å²) in [4.78, 5) is 11.7. The van der Waals surface area contributed by atoms with Crippen LogP contribution in [-0.2, 0) is 9.53 Å². The molecule has 0 amide bonds. The average molecular weight is 246 g/mol. The van der Waals surface area contributed by atoms with E-state index in [9.17, 15) is 9.18 Å². The van der Waals surface area contributed by atoms with E-state index in [2.05, 4.69) is 13.8 Å². The predicted octanol–water partition coefficient (Wildman–Crippen LogP) is 3.99. The Kier molecular flexibility index (Phi) is 5.63. The first kappa shape index (κ1) is 16.4. The predicted molar refractivity (Wildman–Crippen MR) is 68.5 cm³/mol. The van der Waals surface area contributed by atoms with E-state index in [-0.39, 0.29) is 24.4 Å². The van der Waals surface area contributed by atoms with Crippen LogP contribution in [0.5, 0.6) is 0 Å². The van der Waals surface area contributed by atoms with E-state index in [1.807, 2.05) is 27.7 Å². The summed E-state index contributed by atoms with van der Waals surface area (Å²) in [5.41, 5.74) is -2.00. The molecule has 0 aliphatic rings. The molecule has 0 fully saturated rings. The van der Waals surface area contributed by atoms with Crippen LogP contribution in [0.3, 0.4) is 0 Å². The van der Waals surface area contributed by atoms with Crippen molar-refractivity contribution in [3.63, 3.8) is 0 Å². The summed E-state index contributed by atoms with van der Waals surface area (Å²) in [5, 5.41) is 0. The molecule has 0 heterocycles. The van der Waals surface area contributed by atoms with Gasteiger partial charge in [-0.05, 0) is 25.2 Å². The van der Waals surface area contributed by atoms with Crippen LogP contribution in [0.2, 0.25) is 0 Å². The fourth-order valence-electron chi connectivity index (χ4n) is 1.42. The summed E-state index contributed by atoms with van der Waals surface area (Å²) in [6.45, 7) is 13.5. The molecule has 0 saturated carbocycles. The van der Waals surface area contributed by atoms with E-state index in [0.29, 0.717) is 5.92 Å². The van der Waals surface area contributed by atoms with E-state index >= 15 is 0 Å². The molecule has 0 aliphatic carbocycles. The maximum Gasteiger partial charge on any atom is 0.343 e. The second-order valence-electron chi connectivity index (χ2n) is 6.51. The highest BCUT2D eigenvalue weighted by atomic mass is 19.1. The Bertz CT molecular complexity index is 255. The van der Waals surface area contributed by atoms with E-state index < -0.39 is 11.6 Å². The highest BCUT2D eigenvalue weighted by Crippen LogP contribution is 2.28. The van der Waals surface area contributed by atoms with Crippen molar-refractivity contribution in [3.8, 4) is 0 Å². The molecule has 0 rings (SSSR count). The van der Waals surface area contributed by atoms with Gasteiger partial charge in [-0.25, -0.2) is 9.18 Å². The van der Waals surface area contributed by atoms with Crippen molar-refractivity contribution in [1.82, 2.24) is 0 Å². The van der Waals surface area contributed by atoms with E-state index in [4.69, 9.17) is 4.74 Å². The van der Waals surface area contributed by atoms with Gasteiger partial charge in [0.1, 0.15) is 0 Å². The van der Waals surface area contributed by atoms with Crippen LogP contribution in [-0.4, -0.2) is 18.2 Å². The minimum atomic E-state index is -1.87. The lowest BCUT2D eigenvalue weighted by atomic mass is 9.82. The standard InChI is InChI=1S/C14H27FO2/c1-10(2)8-14(7,15)12(16)17-9-13(5,6)11(3)4/h10-11H,8-9H2,1-7H3. The third-order valence-corrected chi connectivity index (χ3v) is 3.36. The highest BCUT2D eigenvalue weighted by molar-refractivity contribution is 5.78. The summed E-state index contributed by atoms with van der Waals surface area (Å²) in [6, 6.07) is 0. The van der Waals surface area contributed by atoms with Crippen LogP contribution in [0.1, 0.15) is 54.9 Å². The lowest BCUT2D eigenvalue weighted by molar-refractivity contribution is -0.161. The third kappa shape index (κ3) is 5.51. The number of ether oxygens (including phenoxy) is 1. The third-order valence-electron chi connectivity index (χ3n) is 3.36. The summed E-state index contributed by atoms with van der Waals surface area (Å²) >= 11 is 0. The maximum atomic E-state index is 14.0. The number of hydrogen-bond acceptors (Lipinski definition) is 2. The van der Waals surface area contributed by atoms with Crippen molar-refractivity contribution < 1.29 is 13.9 Å². The van der Waals surface area contributed by atoms with Crippen LogP contribution >= 0.6 is 0 Å². The van der Waals surface area contributed by atoms with Gasteiger partial charge in [0, 0.05) is 5.41 Å². The van der Waals surface area contributed by atoms with Crippen molar-refractivity contribution in [3.05, 3.63) is 0 Å². The number of esters is 1. The second kappa shape index (κ2) is 5.83. The monoisotopic (exact) mass is 246 g/mol. The number of carbonyl (C=O) groups excluding carboxylic acids is 1. The van der Waals surface area contributed by atoms with Gasteiger partial charge in [0.2, 0.25) is 5.67 Å². The molecule has 1 atom stereocenters. The minimum Gasteiger partial charge on any atom is -0.463 e. The Hall–Kier alpha value is -0.600. The molecule has 17 heavy (non-hydrogen) atoms. The number of alkyl halides is 1. The zero-order valence-corrected chi connectivity index (χ0v) is 12.3. The Morgan fingerprint density at radius 1 is 1.18 bits per heavy atom. The summed E-state index contributed by atoms with van der Waals surface area (Å²) in [5.74, 6) is -0.221. The molecular formula is C14H27FO2. The Morgan fingerprint density at radius 2 is 1.65 bits per heavy atom. The quantitative estimate of drug-likeness (QED) is 0.662. The van der Waals surface area contributed by atoms with Gasteiger partial charge in [0.15, 0.2) is 0 Å². The SMILES string of the molecule is CC(C)CC(C)(F)C(=O)OCC(C)(C)C(C)C. The fourth-order valence-corrected chi connectivity index (χ4v) is 1.42. The van der Waals surface area contributed by atoms with Gasteiger partial charge >= 0.3 is 5.97 Å². The Labute approximate surface area is 105 Å². The largest absolute Gasteiger partial charge is 0.463 e. The molecule has 2 nitrogen and oxygen atoms in total. The van der Waals surface area contributed by atoms with E-state index in [1.165, 1.54) is 6.92 Å². The van der Waals surface area contributed by atoms with E-state index in [1.54, 1.807) is 0 Å². The fraction of sp³-hybridized carbons (Fsp3) is 0.929. The molecular weight excluding hydrogens is 219 g/mol. The van der Waals surface area contributed by atoms with Crippen molar-refractivity contribution >= 4 is 5.97 Å². The zero-order valence-electron chi connectivity index (χ0n) is 12.3. The smallest absolute Gasteiger partial charge is 0.343 e. The topological polar surface area (TPSA) is 26.3 Å². The highest BCUT2D eigenvalue weighted by Gasteiger charge is 2.37. The molecule has 0 N–H and O–H groups in total. The van der Waals surface area contributed by atoms with Crippen LogP contribution in [0.25, 0.3) is 0 Å². The van der Waals surface area contributed by atoms with Gasteiger partial charge in [0.05, 0.1) is 6.61 Å². The summed E-state index contributed by atoms with van der Waals surface area (Å²) in [7, 11) is 0. The first-order valence-corrected chi connectivity index (χ1v) is 6.35. The zero-order chi connectivity index (χ0) is 13.9. The van der Waals surface area contributed by atoms with Gasteiger partial charge in [-0.15, -0.1) is 0 Å². The van der Waals surface area contributed by atoms with Gasteiger partial charge in [-0.3, -0.25) is 0 Å². The normalized spacial score (nSPS) is 16.1. The van der Waals surface area contributed by atoms with Crippen LogP contribution < -0.4 is 0 Å². The van der Waals surface area contributed by atoms with Crippen molar-refractivity contribution in [2.24, 2.45) is 17.3 Å². The van der Waals surface area contributed by atoms with Crippen molar-refractivity contribution in [2.75, 3.05) is 6.61 Å². The average Bonchev–Trinajstić information content (AvgIpc) is 2.11. The second-order valence-corrected chi connectivity index (χ2v) is 6.51. The molecule has 0 aliphatic heterocycles. The molecule has 0 saturated heterocycles. The van der Waals surface area contributed by atoms with Crippen molar-refractivity contribution in [2.45, 2.75) is 60.6 Å². The molecule has 1 unspecified atom stereocenters. The number of rotatable bonds is 6. The molecule has 0 aromatic carbocycles.